The molecule has 1 fully saturated rings. The second-order valence-electron chi connectivity index (χ2n) is 6.96. The van der Waals surface area contributed by atoms with Gasteiger partial charge in [-0.15, -0.1) is 11.3 Å². The van der Waals surface area contributed by atoms with Gasteiger partial charge in [0.1, 0.15) is 22.1 Å². The number of hydrogen-bond acceptors (Lipinski definition) is 5. The van der Waals surface area contributed by atoms with Crippen molar-refractivity contribution >= 4 is 23.3 Å². The van der Waals surface area contributed by atoms with E-state index in [-0.39, 0.29) is 12.5 Å². The molecule has 3 aromatic rings. The van der Waals surface area contributed by atoms with Crippen LogP contribution in [0.2, 0.25) is 0 Å². The largest absolute Gasteiger partial charge is 0.497 e. The van der Waals surface area contributed by atoms with Crippen molar-refractivity contribution in [3.05, 3.63) is 71.0 Å². The zero-order valence-corrected chi connectivity index (χ0v) is 17.3. The van der Waals surface area contributed by atoms with E-state index in [1.165, 1.54) is 35.6 Å². The van der Waals surface area contributed by atoms with Gasteiger partial charge in [-0.3, -0.25) is 9.69 Å². The number of carbonyl (C=O) groups excluding carboxylic acids is 2. The summed E-state index contributed by atoms with van der Waals surface area (Å²) < 4.78 is 18.6. The average Bonchev–Trinajstić information content (AvgIpc) is 3.33. The van der Waals surface area contributed by atoms with E-state index in [1.807, 2.05) is 36.6 Å². The molecule has 0 radical (unpaired) electrons. The van der Waals surface area contributed by atoms with Gasteiger partial charge in [-0.1, -0.05) is 31.2 Å². The molecule has 6 nitrogen and oxygen atoms in total. The van der Waals surface area contributed by atoms with Crippen LogP contribution in [0, 0.1) is 5.82 Å². The topological polar surface area (TPSA) is 71.5 Å². The third-order valence-corrected chi connectivity index (χ3v) is 6.17. The quantitative estimate of drug-likeness (QED) is 0.597. The summed E-state index contributed by atoms with van der Waals surface area (Å²) in [5, 5.41) is 5.41. The Bertz CT molecular complexity index is 1100. The standard InChI is InChI=1S/C22H20FN3O3S/c1-3-22(15-7-9-16(23)10-8-15)20(27)26(21(28)25-22)12-17-13-30-19(24-17)14-5-4-6-18(11-14)29-2/h4-11,13H,3,12H2,1-2H3,(H,25,28). The number of benzene rings is 2. The first-order chi connectivity index (χ1) is 14.5. The fourth-order valence-electron chi connectivity index (χ4n) is 3.57. The van der Waals surface area contributed by atoms with Crippen LogP contribution in [-0.4, -0.2) is 28.9 Å². The number of ether oxygens (including phenoxy) is 1. The monoisotopic (exact) mass is 425 g/mol. The van der Waals surface area contributed by atoms with Crippen LogP contribution in [0.25, 0.3) is 10.6 Å². The Morgan fingerprint density at radius 2 is 1.97 bits per heavy atom. The summed E-state index contributed by atoms with van der Waals surface area (Å²) in [5.41, 5.74) is 0.878. The van der Waals surface area contributed by atoms with Gasteiger partial charge in [0.2, 0.25) is 0 Å². The molecule has 30 heavy (non-hydrogen) atoms. The predicted molar refractivity (Wildman–Crippen MR) is 112 cm³/mol. The predicted octanol–water partition coefficient (Wildman–Crippen LogP) is 4.32. The maximum atomic E-state index is 13.3. The molecule has 0 bridgehead atoms. The van der Waals surface area contributed by atoms with Gasteiger partial charge >= 0.3 is 6.03 Å². The van der Waals surface area contributed by atoms with E-state index in [2.05, 4.69) is 10.3 Å². The number of carbonyl (C=O) groups is 2. The van der Waals surface area contributed by atoms with Crippen LogP contribution in [-0.2, 0) is 16.9 Å². The van der Waals surface area contributed by atoms with Crippen molar-refractivity contribution in [2.75, 3.05) is 7.11 Å². The van der Waals surface area contributed by atoms with Crippen molar-refractivity contribution in [2.24, 2.45) is 0 Å². The molecule has 0 spiro atoms. The van der Waals surface area contributed by atoms with Crippen LogP contribution in [0.5, 0.6) is 5.75 Å². The zero-order chi connectivity index (χ0) is 21.3. The van der Waals surface area contributed by atoms with E-state index in [1.54, 1.807) is 7.11 Å². The van der Waals surface area contributed by atoms with Crippen molar-refractivity contribution < 1.29 is 18.7 Å². The summed E-state index contributed by atoms with van der Waals surface area (Å²) in [5.74, 6) is -0.0332. The molecule has 8 heteroatoms. The lowest BCUT2D eigenvalue weighted by Crippen LogP contribution is -2.43. The van der Waals surface area contributed by atoms with Gasteiger partial charge in [-0.25, -0.2) is 14.2 Å². The summed E-state index contributed by atoms with van der Waals surface area (Å²) in [7, 11) is 1.60. The number of halogens is 1. The number of amides is 3. The summed E-state index contributed by atoms with van der Waals surface area (Å²) in [4.78, 5) is 31.6. The highest BCUT2D eigenvalue weighted by Gasteiger charge is 2.51. The van der Waals surface area contributed by atoms with Crippen LogP contribution >= 0.6 is 11.3 Å². The lowest BCUT2D eigenvalue weighted by Gasteiger charge is -2.25. The Morgan fingerprint density at radius 1 is 1.20 bits per heavy atom. The fraction of sp³-hybridized carbons (Fsp3) is 0.227. The summed E-state index contributed by atoms with van der Waals surface area (Å²) in [6, 6.07) is 12.7. The Balaban J connectivity index is 1.58. The van der Waals surface area contributed by atoms with E-state index in [0.29, 0.717) is 17.7 Å². The van der Waals surface area contributed by atoms with Gasteiger partial charge in [0.25, 0.3) is 5.91 Å². The van der Waals surface area contributed by atoms with Crippen molar-refractivity contribution in [1.82, 2.24) is 15.2 Å². The number of thiazole rings is 1. The van der Waals surface area contributed by atoms with Gasteiger partial charge in [0.15, 0.2) is 0 Å². The molecule has 0 saturated carbocycles. The van der Waals surface area contributed by atoms with Crippen molar-refractivity contribution in [2.45, 2.75) is 25.4 Å². The van der Waals surface area contributed by atoms with Crippen molar-refractivity contribution in [3.63, 3.8) is 0 Å². The minimum Gasteiger partial charge on any atom is -0.497 e. The SMILES string of the molecule is CCC1(c2ccc(F)cc2)NC(=O)N(Cc2csc(-c3cccc(OC)c3)n2)C1=O. The van der Waals surface area contributed by atoms with Gasteiger partial charge in [0, 0.05) is 10.9 Å². The molecule has 1 N–H and O–H groups in total. The molecule has 1 atom stereocenters. The van der Waals surface area contributed by atoms with Crippen molar-refractivity contribution in [3.8, 4) is 16.3 Å². The van der Waals surface area contributed by atoms with E-state index in [9.17, 15) is 14.0 Å². The smallest absolute Gasteiger partial charge is 0.325 e. The summed E-state index contributed by atoms with van der Waals surface area (Å²) in [6.45, 7) is 1.88. The van der Waals surface area contributed by atoms with Gasteiger partial charge < -0.3 is 10.1 Å². The Morgan fingerprint density at radius 3 is 2.67 bits per heavy atom. The van der Waals surface area contributed by atoms with Gasteiger partial charge in [0.05, 0.1) is 19.3 Å². The third-order valence-electron chi connectivity index (χ3n) is 5.23. The first kappa shape index (κ1) is 20.0. The van der Waals surface area contributed by atoms with E-state index in [4.69, 9.17) is 4.74 Å². The summed E-state index contributed by atoms with van der Waals surface area (Å²) in [6.07, 6.45) is 0.353. The molecule has 0 aliphatic carbocycles. The molecule has 2 heterocycles. The van der Waals surface area contributed by atoms with Crippen LogP contribution in [0.15, 0.2) is 53.9 Å². The molecule has 3 amide bonds. The summed E-state index contributed by atoms with van der Waals surface area (Å²) >= 11 is 1.43. The van der Waals surface area contributed by atoms with E-state index in [0.717, 1.165) is 21.2 Å². The molecule has 1 saturated heterocycles. The minimum atomic E-state index is -1.20. The van der Waals surface area contributed by atoms with Gasteiger partial charge in [-0.05, 0) is 36.2 Å². The normalized spacial score (nSPS) is 18.6. The maximum Gasteiger partial charge on any atom is 0.325 e. The van der Waals surface area contributed by atoms with Crippen molar-refractivity contribution in [1.29, 1.82) is 0 Å². The molecule has 1 aliphatic rings. The highest BCUT2D eigenvalue weighted by Crippen LogP contribution is 2.34. The maximum absolute atomic E-state index is 13.3. The van der Waals surface area contributed by atoms with Gasteiger partial charge in [-0.2, -0.15) is 0 Å². The lowest BCUT2D eigenvalue weighted by molar-refractivity contribution is -0.132. The highest BCUT2D eigenvalue weighted by molar-refractivity contribution is 7.13. The van der Waals surface area contributed by atoms with Crippen LogP contribution in [0.1, 0.15) is 24.6 Å². The minimum absolute atomic E-state index is 0.0636. The highest BCUT2D eigenvalue weighted by atomic mass is 32.1. The van der Waals surface area contributed by atoms with E-state index < -0.39 is 17.4 Å². The molecule has 1 aliphatic heterocycles. The number of nitrogens with zero attached hydrogens (tertiary/aromatic N) is 2. The average molecular weight is 425 g/mol. The molecule has 2 aromatic carbocycles. The van der Waals surface area contributed by atoms with Crippen LogP contribution < -0.4 is 10.1 Å². The molecule has 154 valence electrons. The Labute approximate surface area is 177 Å². The number of hydrogen-bond donors (Lipinski definition) is 1. The first-order valence-corrected chi connectivity index (χ1v) is 10.3. The number of aromatic nitrogens is 1. The Kier molecular flexibility index (Phi) is 5.26. The van der Waals surface area contributed by atoms with E-state index >= 15 is 0 Å². The number of methoxy groups -OCH3 is 1. The number of rotatable bonds is 6. The molecule has 1 unspecified atom stereocenters. The molecule has 1 aromatic heterocycles. The molecular weight excluding hydrogens is 405 g/mol. The second-order valence-corrected chi connectivity index (χ2v) is 7.82. The first-order valence-electron chi connectivity index (χ1n) is 9.46. The molecular formula is C22H20FN3O3S. The Hall–Kier alpha value is -3.26. The number of imide groups is 1. The lowest BCUT2D eigenvalue weighted by atomic mass is 9.87. The second kappa shape index (κ2) is 7.87. The third kappa shape index (κ3) is 3.43. The van der Waals surface area contributed by atoms with Crippen LogP contribution in [0.3, 0.4) is 0 Å². The number of urea groups is 1. The van der Waals surface area contributed by atoms with Crippen LogP contribution in [0.4, 0.5) is 9.18 Å². The molecule has 4 rings (SSSR count). The zero-order valence-electron chi connectivity index (χ0n) is 16.5. The fourth-order valence-corrected chi connectivity index (χ4v) is 4.38. The number of nitrogens with one attached hydrogen (secondary N) is 1.